The van der Waals surface area contributed by atoms with Gasteiger partial charge in [0.25, 0.3) is 0 Å². The van der Waals surface area contributed by atoms with Gasteiger partial charge in [-0.2, -0.15) is 0 Å². The van der Waals surface area contributed by atoms with Crippen LogP contribution in [-0.4, -0.2) is 35.4 Å². The maximum absolute atomic E-state index is 13.1. The molecule has 0 spiro atoms. The molecular weight excluding hydrogens is 310 g/mol. The second-order valence-corrected chi connectivity index (χ2v) is 6.81. The SMILES string of the molecule is CCC(CC(=O)N1CCNCC1c1cccnc1)c1ccc(C)cc1. The molecule has 132 valence electrons. The topological polar surface area (TPSA) is 45.2 Å². The highest BCUT2D eigenvalue weighted by Crippen LogP contribution is 2.28. The van der Waals surface area contributed by atoms with Crippen molar-refractivity contribution >= 4 is 5.91 Å². The zero-order chi connectivity index (χ0) is 17.6. The van der Waals surface area contributed by atoms with E-state index in [4.69, 9.17) is 0 Å². The van der Waals surface area contributed by atoms with Crippen molar-refractivity contribution in [3.8, 4) is 0 Å². The van der Waals surface area contributed by atoms with E-state index in [9.17, 15) is 4.79 Å². The van der Waals surface area contributed by atoms with Gasteiger partial charge in [-0.3, -0.25) is 9.78 Å². The van der Waals surface area contributed by atoms with Crippen molar-refractivity contribution in [1.29, 1.82) is 0 Å². The van der Waals surface area contributed by atoms with E-state index in [1.54, 1.807) is 6.20 Å². The normalized spacial score (nSPS) is 18.8. The van der Waals surface area contributed by atoms with Crippen LogP contribution in [-0.2, 0) is 4.79 Å². The van der Waals surface area contributed by atoms with Crippen molar-refractivity contribution in [2.24, 2.45) is 0 Å². The molecule has 0 bridgehead atoms. The predicted octanol–water partition coefficient (Wildman–Crippen LogP) is 3.45. The molecule has 1 fully saturated rings. The third-order valence-electron chi connectivity index (χ3n) is 5.10. The lowest BCUT2D eigenvalue weighted by atomic mass is 9.91. The van der Waals surface area contributed by atoms with Crippen LogP contribution in [0.1, 0.15) is 48.4 Å². The Hall–Kier alpha value is -2.20. The monoisotopic (exact) mass is 337 g/mol. The van der Waals surface area contributed by atoms with Gasteiger partial charge in [-0.1, -0.05) is 42.8 Å². The Balaban J connectivity index is 1.74. The van der Waals surface area contributed by atoms with Gasteiger partial charge in [0.05, 0.1) is 6.04 Å². The van der Waals surface area contributed by atoms with Crippen LogP contribution in [0.3, 0.4) is 0 Å². The predicted molar refractivity (Wildman–Crippen MR) is 100 cm³/mol. The number of rotatable bonds is 5. The van der Waals surface area contributed by atoms with Crippen molar-refractivity contribution in [2.45, 2.75) is 38.6 Å². The van der Waals surface area contributed by atoms with Gasteiger partial charge in [0, 0.05) is 38.4 Å². The number of hydrogen-bond acceptors (Lipinski definition) is 3. The van der Waals surface area contributed by atoms with Crippen LogP contribution in [0.25, 0.3) is 0 Å². The molecule has 2 unspecified atom stereocenters. The van der Waals surface area contributed by atoms with E-state index in [1.807, 2.05) is 17.2 Å². The van der Waals surface area contributed by atoms with E-state index in [0.717, 1.165) is 31.6 Å². The lowest BCUT2D eigenvalue weighted by Gasteiger charge is -2.37. The van der Waals surface area contributed by atoms with Gasteiger partial charge in [0.1, 0.15) is 0 Å². The molecule has 1 N–H and O–H groups in total. The van der Waals surface area contributed by atoms with Gasteiger partial charge in [-0.25, -0.2) is 0 Å². The Kier molecular flexibility index (Phi) is 5.82. The van der Waals surface area contributed by atoms with Gasteiger partial charge in [0.15, 0.2) is 0 Å². The number of benzene rings is 1. The molecule has 3 rings (SSSR count). The number of carbonyl (C=O) groups is 1. The summed E-state index contributed by atoms with van der Waals surface area (Å²) in [4.78, 5) is 19.3. The Labute approximate surface area is 150 Å². The summed E-state index contributed by atoms with van der Waals surface area (Å²) >= 11 is 0. The highest BCUT2D eigenvalue weighted by molar-refractivity contribution is 5.78. The number of piperazine rings is 1. The molecule has 0 aliphatic carbocycles. The van der Waals surface area contributed by atoms with Crippen molar-refractivity contribution in [2.75, 3.05) is 19.6 Å². The number of carbonyl (C=O) groups excluding carboxylic acids is 1. The highest BCUT2D eigenvalue weighted by atomic mass is 16.2. The molecule has 4 heteroatoms. The molecule has 1 aromatic heterocycles. The molecule has 4 nitrogen and oxygen atoms in total. The maximum atomic E-state index is 13.1. The average molecular weight is 337 g/mol. The Morgan fingerprint density at radius 1 is 1.32 bits per heavy atom. The summed E-state index contributed by atoms with van der Waals surface area (Å²) in [7, 11) is 0. The number of aromatic nitrogens is 1. The molecule has 1 aliphatic heterocycles. The number of pyridine rings is 1. The van der Waals surface area contributed by atoms with E-state index in [2.05, 4.69) is 54.5 Å². The van der Waals surface area contributed by atoms with Crippen LogP contribution in [0.15, 0.2) is 48.8 Å². The van der Waals surface area contributed by atoms with Gasteiger partial charge in [-0.05, 0) is 36.5 Å². The lowest BCUT2D eigenvalue weighted by molar-refractivity contribution is -0.135. The molecule has 1 amide bonds. The van der Waals surface area contributed by atoms with E-state index >= 15 is 0 Å². The zero-order valence-electron chi connectivity index (χ0n) is 15.1. The standard InChI is InChI=1S/C21H27N3O/c1-3-17(18-8-6-16(2)7-9-18)13-21(25)24-12-11-23-15-20(24)19-5-4-10-22-14-19/h4-10,14,17,20,23H,3,11-13,15H2,1-2H3. The van der Waals surface area contributed by atoms with Crippen molar-refractivity contribution < 1.29 is 4.79 Å². The summed E-state index contributed by atoms with van der Waals surface area (Å²) in [6.45, 7) is 6.65. The van der Waals surface area contributed by atoms with Gasteiger partial charge >= 0.3 is 0 Å². The van der Waals surface area contributed by atoms with Crippen LogP contribution in [0.5, 0.6) is 0 Å². The third-order valence-corrected chi connectivity index (χ3v) is 5.10. The van der Waals surface area contributed by atoms with Crippen LogP contribution in [0.4, 0.5) is 0 Å². The van der Waals surface area contributed by atoms with E-state index < -0.39 is 0 Å². The van der Waals surface area contributed by atoms with Crippen LogP contribution in [0.2, 0.25) is 0 Å². The average Bonchev–Trinajstić information content (AvgIpc) is 2.67. The van der Waals surface area contributed by atoms with Crippen LogP contribution < -0.4 is 5.32 Å². The zero-order valence-corrected chi connectivity index (χ0v) is 15.1. The molecule has 1 aliphatic rings. The molecule has 0 radical (unpaired) electrons. The van der Waals surface area contributed by atoms with Crippen LogP contribution >= 0.6 is 0 Å². The number of hydrogen-bond donors (Lipinski definition) is 1. The Bertz CT molecular complexity index is 684. The second-order valence-electron chi connectivity index (χ2n) is 6.81. The van der Waals surface area contributed by atoms with Gasteiger partial charge in [-0.15, -0.1) is 0 Å². The fourth-order valence-electron chi connectivity index (χ4n) is 3.54. The minimum Gasteiger partial charge on any atom is -0.333 e. The highest BCUT2D eigenvalue weighted by Gasteiger charge is 2.29. The largest absolute Gasteiger partial charge is 0.333 e. The summed E-state index contributed by atoms with van der Waals surface area (Å²) in [5, 5.41) is 3.40. The fraction of sp³-hybridized carbons (Fsp3) is 0.429. The number of amides is 1. The van der Waals surface area contributed by atoms with E-state index in [1.165, 1.54) is 11.1 Å². The first-order chi connectivity index (χ1) is 12.2. The molecule has 1 aromatic carbocycles. The molecule has 1 saturated heterocycles. The summed E-state index contributed by atoms with van der Waals surface area (Å²) < 4.78 is 0. The smallest absolute Gasteiger partial charge is 0.223 e. The van der Waals surface area contributed by atoms with Crippen molar-refractivity contribution in [3.63, 3.8) is 0 Å². The summed E-state index contributed by atoms with van der Waals surface area (Å²) in [5.41, 5.74) is 3.62. The Morgan fingerprint density at radius 3 is 2.80 bits per heavy atom. The molecular formula is C21H27N3O. The second kappa shape index (κ2) is 8.26. The lowest BCUT2D eigenvalue weighted by Crippen LogP contribution is -2.49. The minimum atomic E-state index is 0.0745. The van der Waals surface area contributed by atoms with E-state index in [-0.39, 0.29) is 17.9 Å². The number of nitrogens with zero attached hydrogens (tertiary/aromatic N) is 2. The number of nitrogens with one attached hydrogen (secondary N) is 1. The third kappa shape index (κ3) is 4.26. The summed E-state index contributed by atoms with van der Waals surface area (Å²) in [6, 6.07) is 12.7. The molecule has 25 heavy (non-hydrogen) atoms. The van der Waals surface area contributed by atoms with Crippen LogP contribution in [0, 0.1) is 6.92 Å². The van der Waals surface area contributed by atoms with Gasteiger partial charge in [0.2, 0.25) is 5.91 Å². The van der Waals surface area contributed by atoms with Gasteiger partial charge < -0.3 is 10.2 Å². The van der Waals surface area contributed by atoms with E-state index in [0.29, 0.717) is 6.42 Å². The quantitative estimate of drug-likeness (QED) is 0.909. The first-order valence-electron chi connectivity index (χ1n) is 9.15. The summed E-state index contributed by atoms with van der Waals surface area (Å²) in [6.07, 6.45) is 5.18. The first-order valence-corrected chi connectivity index (χ1v) is 9.15. The molecule has 2 heterocycles. The fourth-order valence-corrected chi connectivity index (χ4v) is 3.54. The number of aryl methyl sites for hydroxylation is 1. The van der Waals surface area contributed by atoms with Crippen molar-refractivity contribution in [1.82, 2.24) is 15.2 Å². The summed E-state index contributed by atoms with van der Waals surface area (Å²) in [5.74, 6) is 0.514. The molecule has 2 atom stereocenters. The first kappa shape index (κ1) is 17.6. The Morgan fingerprint density at radius 2 is 2.12 bits per heavy atom. The maximum Gasteiger partial charge on any atom is 0.223 e. The minimum absolute atomic E-state index is 0.0745. The molecule has 2 aromatic rings. The molecule has 0 saturated carbocycles. The van der Waals surface area contributed by atoms with Crippen molar-refractivity contribution in [3.05, 3.63) is 65.5 Å².